The van der Waals surface area contributed by atoms with Gasteiger partial charge in [0.15, 0.2) is 5.78 Å². The van der Waals surface area contributed by atoms with Crippen molar-refractivity contribution in [2.75, 3.05) is 80.7 Å². The zero-order valence-electron chi connectivity index (χ0n) is 51.3. The molecule has 3 aliphatic rings. The second kappa shape index (κ2) is 32.6. The molecule has 3 aliphatic heterocycles. The van der Waals surface area contributed by atoms with Crippen LogP contribution in [-0.2, 0) is 36.5 Å². The number of carbonyl (C=O) groups excluding carboxylic acids is 1. The number of rotatable bonds is 20. The van der Waals surface area contributed by atoms with Crippen LogP contribution in [0.5, 0.6) is 11.5 Å². The number of piperidine rings is 2. The van der Waals surface area contributed by atoms with Crippen LogP contribution in [0.15, 0.2) is 133 Å². The van der Waals surface area contributed by atoms with Crippen LogP contribution in [0, 0.1) is 7.43 Å². The van der Waals surface area contributed by atoms with E-state index in [0.717, 1.165) is 146 Å². The molecule has 442 valence electrons. The second-order valence-electron chi connectivity index (χ2n) is 23.3. The summed E-state index contributed by atoms with van der Waals surface area (Å²) in [5, 5.41) is 16.3. The van der Waals surface area contributed by atoms with Gasteiger partial charge in [-0.05, 0) is 209 Å². The molecule has 3 saturated heterocycles. The summed E-state index contributed by atoms with van der Waals surface area (Å²) in [6.45, 7) is 18.3. The van der Waals surface area contributed by atoms with Gasteiger partial charge in [-0.3, -0.25) is 14.6 Å². The van der Waals surface area contributed by atoms with E-state index in [0.29, 0.717) is 6.42 Å². The zero-order valence-corrected chi connectivity index (χ0v) is 54.3. The summed E-state index contributed by atoms with van der Waals surface area (Å²) in [6, 6.07) is 47.2. The van der Waals surface area contributed by atoms with Gasteiger partial charge >= 0.3 is 23.1 Å². The Morgan fingerprint density at radius 2 is 1.01 bits per heavy atom. The van der Waals surface area contributed by atoms with E-state index in [-0.39, 0.29) is 65.5 Å². The summed E-state index contributed by atoms with van der Waals surface area (Å²) in [4.78, 5) is 21.8. The molecule has 11 nitrogen and oxygen atoms in total. The number of halogens is 1. The number of ether oxygens (including phenoxy) is 3. The first-order valence-corrected chi connectivity index (χ1v) is 30.0. The molecule has 13 heteroatoms. The van der Waals surface area contributed by atoms with Gasteiger partial charge in [-0.1, -0.05) is 60.7 Å². The average molecular weight is 1200 g/mol. The van der Waals surface area contributed by atoms with Crippen LogP contribution in [0.1, 0.15) is 112 Å². The molecule has 0 bridgehead atoms. The van der Waals surface area contributed by atoms with E-state index in [1.807, 2.05) is 69.6 Å². The zero-order chi connectivity index (χ0) is 56.0. The normalized spacial score (nSPS) is 15.9. The predicted molar refractivity (Wildman–Crippen MR) is 343 cm³/mol. The van der Waals surface area contributed by atoms with E-state index in [2.05, 4.69) is 142 Å². The van der Waals surface area contributed by atoms with Crippen LogP contribution in [0.3, 0.4) is 0 Å². The Morgan fingerprint density at radius 1 is 0.590 bits per heavy atom. The van der Waals surface area contributed by atoms with Gasteiger partial charge in [0.05, 0.1) is 5.60 Å². The monoisotopic (exact) mass is 1200 g/mol. The number of Topliss-reactive ketones (excluding diaryl/α,β-unsaturated/α-hetero) is 1. The number of carbonyl (C=O) groups is 1. The number of aromatic nitrogens is 2. The molecule has 6 aromatic carbocycles. The van der Waals surface area contributed by atoms with Crippen molar-refractivity contribution in [3.05, 3.63) is 163 Å². The van der Waals surface area contributed by atoms with Gasteiger partial charge in [-0.2, -0.15) is 0 Å². The maximum absolute atomic E-state index is 12.4. The van der Waals surface area contributed by atoms with Crippen LogP contribution in [-0.4, -0.2) is 156 Å². The van der Waals surface area contributed by atoms with Crippen LogP contribution >= 0.6 is 0 Å². The molecular formula is C70H93BrMgN6O5. The number of para-hydroxylation sites is 2. The van der Waals surface area contributed by atoms with Crippen LogP contribution in [0.2, 0.25) is 0 Å². The first kappa shape index (κ1) is 67.3. The molecule has 1 N–H and O–H groups in total. The molecule has 0 amide bonds. The Morgan fingerprint density at radius 3 is 1.43 bits per heavy atom. The summed E-state index contributed by atoms with van der Waals surface area (Å²) < 4.78 is 22.4. The third-order valence-electron chi connectivity index (χ3n) is 16.6. The van der Waals surface area contributed by atoms with E-state index in [4.69, 9.17) is 14.2 Å². The van der Waals surface area contributed by atoms with E-state index < -0.39 is 5.60 Å². The Hall–Kier alpha value is -4.80. The van der Waals surface area contributed by atoms with E-state index in [1.54, 1.807) is 0 Å². The molecule has 1 unspecified atom stereocenters. The molecule has 0 saturated carbocycles. The molecule has 83 heavy (non-hydrogen) atoms. The SMILES string of the molecule is C1CCOC1.CCn1c2ccccc2c2cc(CN3CCC(Oc4ccc(C(=O)CCCN(C)C)cc4)CC3)ccc21.CCn1c2ccccc2c2cc(CN3CCC(Oc4ccc(C(C)(O)CCCN(C)C)cc4)CC3)ccc21.[Br-].[CH3-].[Mg+2]. The quantitative estimate of drug-likeness (QED) is 0.0455. The summed E-state index contributed by atoms with van der Waals surface area (Å²) >= 11 is 0. The maximum Gasteiger partial charge on any atom is 2.00 e. The summed E-state index contributed by atoms with van der Waals surface area (Å²) in [5.74, 6) is 1.97. The number of benzene rings is 6. The minimum absolute atomic E-state index is 0. The van der Waals surface area contributed by atoms with Gasteiger partial charge in [-0.15, -0.1) is 0 Å². The van der Waals surface area contributed by atoms with Crippen molar-refractivity contribution in [3.63, 3.8) is 0 Å². The molecule has 5 heterocycles. The van der Waals surface area contributed by atoms with Gasteiger partial charge in [0.2, 0.25) is 0 Å². The number of fused-ring (bicyclic) bond motifs is 6. The first-order chi connectivity index (χ1) is 38.8. The summed E-state index contributed by atoms with van der Waals surface area (Å²) in [5.41, 5.74) is 8.96. The van der Waals surface area contributed by atoms with Crippen molar-refractivity contribution in [1.29, 1.82) is 0 Å². The fourth-order valence-corrected chi connectivity index (χ4v) is 12.1. The average Bonchev–Trinajstić information content (AvgIpc) is 4.45. The predicted octanol–water partition coefficient (Wildman–Crippen LogP) is 10.7. The third kappa shape index (κ3) is 18.1. The van der Waals surface area contributed by atoms with Gasteiger partial charge in [0, 0.05) is 121 Å². The van der Waals surface area contributed by atoms with Gasteiger partial charge in [-0.25, -0.2) is 0 Å². The minimum atomic E-state index is -0.811. The van der Waals surface area contributed by atoms with E-state index >= 15 is 0 Å². The number of aryl methyl sites for hydroxylation is 2. The molecule has 1 atom stereocenters. The smallest absolute Gasteiger partial charge is 1.00 e. The standard InChI is InChI=1S/C33H43N3O2.C32H39N3O2.C4H8O.CH3.BrH.Mg/c1-5-36-31-10-7-6-9-29(31)30-23-25(11-16-32(30)36)24-35-21-17-28(18-22-35)38-27-14-12-26(13-15-27)33(2,37)19-8-20-34(3)4;1-4-35-30-9-6-5-8-28(30)29-22-24(11-16-31(29)35)23-34-20-17-27(18-21-34)37-26-14-12-25(13-15-26)32(36)10-7-19-33(2)3;1-2-4-5-3-1;;;/h6-7,9-16,23,28,37H,5,8,17-22,24H2,1-4H3;5-6,8-9,11-16,22,27H,4,7,10,17-21,23H2,1-3H3;1-4H2;1H3;1H;/q;;;-1;;+2/p-1. The molecule has 0 spiro atoms. The largest absolute Gasteiger partial charge is 2.00 e. The van der Waals surface area contributed by atoms with Crippen molar-refractivity contribution in [3.8, 4) is 11.5 Å². The van der Waals surface area contributed by atoms with Crippen molar-refractivity contribution >= 4 is 72.4 Å². The number of aliphatic hydroxyl groups is 1. The molecule has 2 aromatic heterocycles. The first-order valence-electron chi connectivity index (χ1n) is 30.0. The molecule has 11 rings (SSSR count). The van der Waals surface area contributed by atoms with Crippen molar-refractivity contribution < 1.29 is 41.1 Å². The molecule has 0 radical (unpaired) electrons. The van der Waals surface area contributed by atoms with Crippen LogP contribution in [0.4, 0.5) is 0 Å². The topological polar surface area (TPSA) is 87.8 Å². The van der Waals surface area contributed by atoms with Gasteiger partial charge < -0.3 is 62.7 Å². The fourth-order valence-electron chi connectivity index (χ4n) is 12.1. The molecule has 0 aliphatic carbocycles. The maximum atomic E-state index is 12.4. The number of nitrogens with zero attached hydrogens (tertiary/aromatic N) is 6. The molecular weight excluding hydrogens is 1110 g/mol. The van der Waals surface area contributed by atoms with E-state index in [1.165, 1.54) is 67.6 Å². The molecule has 3 fully saturated rings. The Bertz CT molecular complexity index is 3220. The number of hydrogen-bond donors (Lipinski definition) is 1. The summed E-state index contributed by atoms with van der Waals surface area (Å²) in [7, 11) is 8.20. The molecule has 8 aromatic rings. The Labute approximate surface area is 523 Å². The number of likely N-dealkylation sites (tertiary alicyclic amines) is 2. The van der Waals surface area contributed by atoms with Crippen LogP contribution < -0.4 is 26.5 Å². The van der Waals surface area contributed by atoms with Crippen molar-refractivity contribution in [1.82, 2.24) is 28.7 Å². The van der Waals surface area contributed by atoms with Crippen molar-refractivity contribution in [2.24, 2.45) is 0 Å². The van der Waals surface area contributed by atoms with Gasteiger partial charge in [0.25, 0.3) is 0 Å². The fraction of sp³-hybridized carbons (Fsp3) is 0.457. The Kier molecular flexibility index (Phi) is 26.5. The number of ketones is 1. The second-order valence-corrected chi connectivity index (χ2v) is 23.3. The van der Waals surface area contributed by atoms with Crippen molar-refractivity contribution in [2.45, 2.75) is 129 Å². The van der Waals surface area contributed by atoms with Crippen LogP contribution in [0.25, 0.3) is 43.6 Å². The minimum Gasteiger partial charge on any atom is -1.00 e. The third-order valence-corrected chi connectivity index (χ3v) is 16.6. The van der Waals surface area contributed by atoms with Gasteiger partial charge in [0.1, 0.15) is 23.7 Å². The summed E-state index contributed by atoms with van der Waals surface area (Å²) in [6.07, 6.45) is 10.3. The number of hydrogen-bond acceptors (Lipinski definition) is 9. The Balaban J connectivity index is 0.000000237. The van der Waals surface area contributed by atoms with E-state index in [9.17, 15) is 9.90 Å².